The van der Waals surface area contributed by atoms with Crippen molar-refractivity contribution in [1.82, 2.24) is 4.90 Å². The van der Waals surface area contributed by atoms with Gasteiger partial charge in [-0.2, -0.15) is 0 Å². The Kier molecular flexibility index (Phi) is 9.80. The van der Waals surface area contributed by atoms with E-state index in [1.807, 2.05) is 14.0 Å². The zero-order valence-corrected chi connectivity index (χ0v) is 11.1. The standard InChI is InChI=1S/C11H25N3O3/c1-10(11(12)13-15)9-14(2)5-4-6-17-8-7-16-3/h10,15H,4-9H2,1-3H3,(H2,12,13). The molecule has 0 amide bonds. The molecule has 0 aromatic heterocycles. The summed E-state index contributed by atoms with van der Waals surface area (Å²) in [5, 5.41) is 11.5. The van der Waals surface area contributed by atoms with Gasteiger partial charge in [-0.25, -0.2) is 0 Å². The molecular formula is C11H25N3O3. The Hall–Kier alpha value is -0.850. The summed E-state index contributed by atoms with van der Waals surface area (Å²) in [6.07, 6.45) is 0.961. The lowest BCUT2D eigenvalue weighted by atomic mass is 10.1. The highest BCUT2D eigenvalue weighted by Crippen LogP contribution is 1.99. The first-order chi connectivity index (χ1) is 8.11. The first kappa shape index (κ1) is 16.1. The van der Waals surface area contributed by atoms with Crippen LogP contribution in [-0.2, 0) is 9.47 Å². The van der Waals surface area contributed by atoms with Gasteiger partial charge in [0.15, 0.2) is 0 Å². The molecule has 0 spiro atoms. The van der Waals surface area contributed by atoms with Gasteiger partial charge in [0.2, 0.25) is 0 Å². The number of ether oxygens (including phenoxy) is 2. The van der Waals surface area contributed by atoms with Crippen LogP contribution in [0, 0.1) is 5.92 Å². The Balaban J connectivity index is 3.49. The SMILES string of the molecule is COCCOCCCN(C)CC(C)C(N)=NO. The highest BCUT2D eigenvalue weighted by atomic mass is 16.5. The molecule has 0 aromatic carbocycles. The average Bonchev–Trinajstić information content (AvgIpc) is 2.32. The van der Waals surface area contributed by atoms with Crippen LogP contribution in [0.5, 0.6) is 0 Å². The Labute approximate surface area is 103 Å². The van der Waals surface area contributed by atoms with Crippen LogP contribution in [0.2, 0.25) is 0 Å². The number of amidine groups is 1. The maximum absolute atomic E-state index is 8.53. The second-order valence-corrected chi connectivity index (χ2v) is 4.15. The van der Waals surface area contributed by atoms with Crippen LogP contribution in [-0.4, -0.2) is 63.0 Å². The fourth-order valence-electron chi connectivity index (χ4n) is 1.43. The molecule has 1 unspecified atom stereocenters. The van der Waals surface area contributed by atoms with Crippen LogP contribution in [0.4, 0.5) is 0 Å². The van der Waals surface area contributed by atoms with Crippen molar-refractivity contribution in [3.05, 3.63) is 0 Å². The zero-order chi connectivity index (χ0) is 13.1. The molecule has 0 heterocycles. The van der Waals surface area contributed by atoms with Gasteiger partial charge in [0.25, 0.3) is 0 Å². The average molecular weight is 247 g/mol. The molecule has 17 heavy (non-hydrogen) atoms. The molecule has 6 nitrogen and oxygen atoms in total. The number of hydrogen-bond donors (Lipinski definition) is 2. The van der Waals surface area contributed by atoms with Gasteiger partial charge in [0.1, 0.15) is 5.84 Å². The molecule has 0 aromatic rings. The minimum Gasteiger partial charge on any atom is -0.409 e. The second-order valence-electron chi connectivity index (χ2n) is 4.15. The fourth-order valence-corrected chi connectivity index (χ4v) is 1.43. The molecule has 3 N–H and O–H groups in total. The topological polar surface area (TPSA) is 80.3 Å². The highest BCUT2D eigenvalue weighted by molar-refractivity contribution is 5.82. The Bertz CT molecular complexity index is 212. The quantitative estimate of drug-likeness (QED) is 0.191. The maximum Gasteiger partial charge on any atom is 0.143 e. The predicted octanol–water partition coefficient (Wildman–Crippen LogP) is 0.354. The minimum atomic E-state index is 0.0550. The summed E-state index contributed by atoms with van der Waals surface area (Å²) in [6.45, 7) is 5.63. The monoisotopic (exact) mass is 247 g/mol. The molecular weight excluding hydrogens is 222 g/mol. The summed E-state index contributed by atoms with van der Waals surface area (Å²) < 4.78 is 10.2. The van der Waals surface area contributed by atoms with Crippen molar-refractivity contribution in [2.75, 3.05) is 47.1 Å². The van der Waals surface area contributed by atoms with Crippen LogP contribution >= 0.6 is 0 Å². The van der Waals surface area contributed by atoms with Crippen molar-refractivity contribution in [2.24, 2.45) is 16.8 Å². The van der Waals surface area contributed by atoms with E-state index in [0.29, 0.717) is 13.2 Å². The van der Waals surface area contributed by atoms with E-state index in [9.17, 15) is 0 Å². The van der Waals surface area contributed by atoms with E-state index in [4.69, 9.17) is 20.4 Å². The number of nitrogens with zero attached hydrogens (tertiary/aromatic N) is 2. The van der Waals surface area contributed by atoms with Crippen LogP contribution in [0.1, 0.15) is 13.3 Å². The minimum absolute atomic E-state index is 0.0550. The van der Waals surface area contributed by atoms with Gasteiger partial charge < -0.3 is 25.3 Å². The summed E-state index contributed by atoms with van der Waals surface area (Å²) in [6, 6.07) is 0. The largest absolute Gasteiger partial charge is 0.409 e. The Morgan fingerprint density at radius 2 is 2.12 bits per heavy atom. The van der Waals surface area contributed by atoms with E-state index >= 15 is 0 Å². The van der Waals surface area contributed by atoms with Crippen molar-refractivity contribution in [3.63, 3.8) is 0 Å². The Morgan fingerprint density at radius 1 is 1.41 bits per heavy atom. The van der Waals surface area contributed by atoms with Crippen LogP contribution in [0.3, 0.4) is 0 Å². The lowest BCUT2D eigenvalue weighted by Crippen LogP contribution is -2.33. The number of nitrogens with two attached hydrogens (primary N) is 1. The molecule has 0 aliphatic rings. The normalized spacial score (nSPS) is 14.2. The number of hydrogen-bond acceptors (Lipinski definition) is 5. The molecule has 0 bridgehead atoms. The third kappa shape index (κ3) is 8.91. The zero-order valence-electron chi connectivity index (χ0n) is 11.1. The molecule has 0 saturated carbocycles. The number of methoxy groups -OCH3 is 1. The number of oxime groups is 1. The summed E-state index contributed by atoms with van der Waals surface area (Å²) in [5.41, 5.74) is 5.51. The van der Waals surface area contributed by atoms with Crippen LogP contribution in [0.15, 0.2) is 5.16 Å². The van der Waals surface area contributed by atoms with Gasteiger partial charge in [-0.1, -0.05) is 12.1 Å². The van der Waals surface area contributed by atoms with Gasteiger partial charge >= 0.3 is 0 Å². The molecule has 1 atom stereocenters. The molecule has 0 rings (SSSR count). The van der Waals surface area contributed by atoms with E-state index in [1.165, 1.54) is 0 Å². The van der Waals surface area contributed by atoms with Gasteiger partial charge in [-0.05, 0) is 13.5 Å². The fraction of sp³-hybridized carbons (Fsp3) is 0.909. The van der Waals surface area contributed by atoms with E-state index in [0.717, 1.165) is 26.1 Å². The molecule has 0 fully saturated rings. The van der Waals surface area contributed by atoms with Gasteiger partial charge in [0, 0.05) is 32.7 Å². The third-order valence-corrected chi connectivity index (χ3v) is 2.47. The first-order valence-corrected chi connectivity index (χ1v) is 5.84. The summed E-state index contributed by atoms with van der Waals surface area (Å²) in [7, 11) is 3.67. The Morgan fingerprint density at radius 3 is 2.71 bits per heavy atom. The number of rotatable bonds is 10. The lowest BCUT2D eigenvalue weighted by molar-refractivity contribution is 0.0661. The van der Waals surface area contributed by atoms with E-state index in [-0.39, 0.29) is 11.8 Å². The van der Waals surface area contributed by atoms with E-state index in [2.05, 4.69) is 10.1 Å². The van der Waals surface area contributed by atoms with Crippen molar-refractivity contribution in [3.8, 4) is 0 Å². The first-order valence-electron chi connectivity index (χ1n) is 5.84. The van der Waals surface area contributed by atoms with Gasteiger partial charge in [-0.15, -0.1) is 0 Å². The second kappa shape index (κ2) is 10.3. The van der Waals surface area contributed by atoms with Crippen LogP contribution < -0.4 is 5.73 Å². The summed E-state index contributed by atoms with van der Waals surface area (Å²) >= 11 is 0. The molecule has 0 radical (unpaired) electrons. The van der Waals surface area contributed by atoms with Crippen molar-refractivity contribution in [1.29, 1.82) is 0 Å². The summed E-state index contributed by atoms with van der Waals surface area (Å²) in [4.78, 5) is 2.14. The van der Waals surface area contributed by atoms with Crippen molar-refractivity contribution in [2.45, 2.75) is 13.3 Å². The predicted molar refractivity (Wildman–Crippen MR) is 67.4 cm³/mol. The molecule has 0 aliphatic carbocycles. The van der Waals surface area contributed by atoms with Crippen LogP contribution in [0.25, 0.3) is 0 Å². The third-order valence-electron chi connectivity index (χ3n) is 2.47. The van der Waals surface area contributed by atoms with Gasteiger partial charge in [-0.3, -0.25) is 0 Å². The highest BCUT2D eigenvalue weighted by Gasteiger charge is 2.10. The van der Waals surface area contributed by atoms with Crippen molar-refractivity contribution >= 4 is 5.84 Å². The lowest BCUT2D eigenvalue weighted by Gasteiger charge is -2.20. The molecule has 6 heteroatoms. The summed E-state index contributed by atoms with van der Waals surface area (Å²) in [5.74, 6) is 0.326. The van der Waals surface area contributed by atoms with E-state index in [1.54, 1.807) is 7.11 Å². The molecule has 0 saturated heterocycles. The van der Waals surface area contributed by atoms with E-state index < -0.39 is 0 Å². The molecule has 0 aliphatic heterocycles. The van der Waals surface area contributed by atoms with Crippen molar-refractivity contribution < 1.29 is 14.7 Å². The van der Waals surface area contributed by atoms with Gasteiger partial charge in [0.05, 0.1) is 13.2 Å². The maximum atomic E-state index is 8.53. The molecule has 102 valence electrons. The smallest absolute Gasteiger partial charge is 0.143 e.